The fourth-order valence-electron chi connectivity index (χ4n) is 3.18. The summed E-state index contributed by atoms with van der Waals surface area (Å²) >= 11 is 5.26. The molecule has 0 fully saturated rings. The Kier molecular flexibility index (Phi) is 5.54. The lowest BCUT2D eigenvalue weighted by molar-refractivity contribution is 0.429. The minimum Gasteiger partial charge on any atom is -0.493 e. The molecule has 3 aromatic carbocycles. The van der Waals surface area contributed by atoms with Gasteiger partial charge < -0.3 is 15.0 Å². The van der Waals surface area contributed by atoms with Crippen LogP contribution in [0.2, 0.25) is 0 Å². The summed E-state index contributed by atoms with van der Waals surface area (Å²) in [4.78, 5) is 0. The van der Waals surface area contributed by atoms with Gasteiger partial charge in [0.1, 0.15) is 5.82 Å². The molecule has 4 rings (SSSR count). The van der Waals surface area contributed by atoms with E-state index in [1.165, 1.54) is 12.1 Å². The van der Waals surface area contributed by atoms with Crippen molar-refractivity contribution in [1.82, 2.24) is 4.57 Å². The van der Waals surface area contributed by atoms with Crippen LogP contribution < -0.4 is 5.32 Å². The number of para-hydroxylation sites is 1. The van der Waals surface area contributed by atoms with Gasteiger partial charge in [0.15, 0.2) is 5.69 Å². The minimum absolute atomic E-state index is 0.0255. The number of azo groups is 1. The highest BCUT2D eigenvalue weighted by atomic mass is 32.1. The lowest BCUT2D eigenvalue weighted by Crippen LogP contribution is -2.04. The molecule has 0 saturated heterocycles. The maximum atomic E-state index is 13.2. The first-order valence-electron chi connectivity index (χ1n) is 9.35. The number of halogens is 1. The Morgan fingerprint density at radius 3 is 2.47 bits per heavy atom. The van der Waals surface area contributed by atoms with Gasteiger partial charge in [-0.3, -0.25) is 0 Å². The van der Waals surface area contributed by atoms with E-state index >= 15 is 0 Å². The Hall–Kier alpha value is -3.58. The van der Waals surface area contributed by atoms with Crippen molar-refractivity contribution in [1.29, 1.82) is 0 Å². The first-order valence-corrected chi connectivity index (χ1v) is 9.76. The van der Waals surface area contributed by atoms with Crippen LogP contribution in [0.1, 0.15) is 11.1 Å². The number of thiocarbonyl (C=S) groups is 1. The number of hydrogen-bond acceptors (Lipinski definition) is 3. The second-order valence-corrected chi connectivity index (χ2v) is 7.28. The number of rotatable bonds is 4. The zero-order valence-corrected chi connectivity index (χ0v) is 17.0. The van der Waals surface area contributed by atoms with E-state index in [9.17, 15) is 9.50 Å². The zero-order chi connectivity index (χ0) is 21.1. The number of hydrogen-bond donors (Lipinski definition) is 2. The molecule has 150 valence electrons. The minimum atomic E-state index is -0.301. The van der Waals surface area contributed by atoms with Crippen LogP contribution in [0.4, 0.5) is 15.8 Å². The molecule has 0 aliphatic heterocycles. The summed E-state index contributed by atoms with van der Waals surface area (Å²) in [7, 11) is 0. The van der Waals surface area contributed by atoms with Crippen molar-refractivity contribution in [2.24, 2.45) is 10.2 Å². The summed E-state index contributed by atoms with van der Waals surface area (Å²) in [6, 6.07) is 21.4. The summed E-state index contributed by atoms with van der Waals surface area (Å²) < 4.78 is 14.9. The Morgan fingerprint density at radius 2 is 1.73 bits per heavy atom. The van der Waals surface area contributed by atoms with Gasteiger partial charge in [0.25, 0.3) is 0 Å². The van der Waals surface area contributed by atoms with E-state index < -0.39 is 0 Å². The summed E-state index contributed by atoms with van der Waals surface area (Å²) in [5.41, 5.74) is 3.94. The molecule has 0 spiro atoms. The Labute approximate surface area is 178 Å². The van der Waals surface area contributed by atoms with Crippen molar-refractivity contribution < 1.29 is 9.50 Å². The van der Waals surface area contributed by atoms with Gasteiger partial charge >= 0.3 is 0 Å². The Balaban J connectivity index is 1.63. The van der Waals surface area contributed by atoms with Gasteiger partial charge in [-0.25, -0.2) is 4.39 Å². The molecule has 7 heteroatoms. The van der Waals surface area contributed by atoms with E-state index in [0.29, 0.717) is 12.2 Å². The normalized spacial score (nSPS) is 11.3. The largest absolute Gasteiger partial charge is 0.493 e. The van der Waals surface area contributed by atoms with Gasteiger partial charge in [-0.05, 0) is 55.0 Å². The predicted molar refractivity (Wildman–Crippen MR) is 121 cm³/mol. The highest BCUT2D eigenvalue weighted by Gasteiger charge is 2.16. The number of benzene rings is 3. The Bertz CT molecular complexity index is 1230. The van der Waals surface area contributed by atoms with E-state index in [2.05, 4.69) is 15.5 Å². The molecule has 0 saturated carbocycles. The third-order valence-electron chi connectivity index (χ3n) is 4.72. The highest BCUT2D eigenvalue weighted by Crippen LogP contribution is 2.39. The van der Waals surface area contributed by atoms with Gasteiger partial charge in [0.05, 0.1) is 12.1 Å². The summed E-state index contributed by atoms with van der Waals surface area (Å²) in [6.07, 6.45) is 0. The van der Waals surface area contributed by atoms with Crippen LogP contribution in [-0.2, 0) is 6.54 Å². The average Bonchev–Trinajstić information content (AvgIpc) is 3.01. The molecule has 5 nitrogen and oxygen atoms in total. The quantitative estimate of drug-likeness (QED) is 0.301. The number of anilines is 1. The van der Waals surface area contributed by atoms with Gasteiger partial charge in [-0.1, -0.05) is 48.0 Å². The number of aromatic nitrogens is 1. The van der Waals surface area contributed by atoms with Crippen molar-refractivity contribution in [2.45, 2.75) is 13.5 Å². The molecule has 4 aromatic rings. The summed E-state index contributed by atoms with van der Waals surface area (Å²) in [5.74, 6) is -0.327. The molecular weight excluding hydrogens is 399 g/mol. The fraction of sp³-hybridized carbons (Fsp3) is 0.0870. The van der Waals surface area contributed by atoms with Crippen molar-refractivity contribution in [3.63, 3.8) is 0 Å². The van der Waals surface area contributed by atoms with Crippen LogP contribution in [0, 0.1) is 12.7 Å². The summed E-state index contributed by atoms with van der Waals surface area (Å²) in [5, 5.41) is 23.1. The monoisotopic (exact) mass is 418 g/mol. The standard InChI is InChI=1S/C23H19FN4OS/c1-15-6-12-18(13-7-15)25-23(30)27-26-21-19-4-2-3-5-20(19)28(22(21)29)14-16-8-10-17(24)11-9-16/h2-13,29H,14H2,1H3,(H,25,30). The van der Waals surface area contributed by atoms with E-state index in [4.69, 9.17) is 12.2 Å². The van der Waals surface area contributed by atoms with Gasteiger partial charge in [-0.2, -0.15) is 0 Å². The average molecular weight is 418 g/mol. The lowest BCUT2D eigenvalue weighted by atomic mass is 10.2. The molecule has 1 aromatic heterocycles. The molecule has 0 aliphatic rings. The molecule has 0 unspecified atom stereocenters. The van der Waals surface area contributed by atoms with Gasteiger partial charge in [-0.15, -0.1) is 10.2 Å². The summed E-state index contributed by atoms with van der Waals surface area (Å²) in [6.45, 7) is 2.38. The molecule has 0 amide bonds. The van der Waals surface area contributed by atoms with E-state index in [1.807, 2.05) is 55.5 Å². The number of aryl methyl sites for hydroxylation is 1. The molecule has 0 bridgehead atoms. The van der Waals surface area contributed by atoms with Gasteiger partial charge in [0, 0.05) is 11.1 Å². The lowest BCUT2D eigenvalue weighted by Gasteiger charge is -2.07. The second-order valence-electron chi connectivity index (χ2n) is 6.90. The SMILES string of the molecule is Cc1ccc(NC(=S)N=Nc2c(O)n(Cc3ccc(F)cc3)c3ccccc23)cc1. The maximum Gasteiger partial charge on any atom is 0.221 e. The van der Waals surface area contributed by atoms with E-state index in [1.54, 1.807) is 16.7 Å². The topological polar surface area (TPSA) is 61.9 Å². The van der Waals surface area contributed by atoms with Crippen LogP contribution >= 0.6 is 12.2 Å². The van der Waals surface area contributed by atoms with Crippen LogP contribution in [0.25, 0.3) is 10.9 Å². The van der Waals surface area contributed by atoms with Crippen molar-refractivity contribution >= 4 is 39.6 Å². The van der Waals surface area contributed by atoms with E-state index in [-0.39, 0.29) is 16.8 Å². The smallest absolute Gasteiger partial charge is 0.221 e. The third kappa shape index (κ3) is 4.21. The first-order chi connectivity index (χ1) is 14.5. The maximum absolute atomic E-state index is 13.2. The molecular formula is C23H19FN4OS. The molecule has 0 aliphatic carbocycles. The molecule has 0 atom stereocenters. The van der Waals surface area contributed by atoms with Crippen molar-refractivity contribution in [3.8, 4) is 5.88 Å². The predicted octanol–water partition coefficient (Wildman–Crippen LogP) is 6.32. The molecule has 1 heterocycles. The molecule has 2 N–H and O–H groups in total. The number of nitrogens with zero attached hydrogens (tertiary/aromatic N) is 3. The van der Waals surface area contributed by atoms with Gasteiger partial charge in [0.2, 0.25) is 11.0 Å². The zero-order valence-electron chi connectivity index (χ0n) is 16.2. The Morgan fingerprint density at radius 1 is 1.03 bits per heavy atom. The number of nitrogens with one attached hydrogen (secondary N) is 1. The second kappa shape index (κ2) is 8.42. The van der Waals surface area contributed by atoms with Crippen LogP contribution in [0.15, 0.2) is 83.0 Å². The third-order valence-corrected chi connectivity index (χ3v) is 4.90. The molecule has 30 heavy (non-hydrogen) atoms. The van der Waals surface area contributed by atoms with Crippen LogP contribution in [0.3, 0.4) is 0 Å². The highest BCUT2D eigenvalue weighted by molar-refractivity contribution is 7.80. The number of aromatic hydroxyl groups is 1. The van der Waals surface area contributed by atoms with Crippen LogP contribution in [0.5, 0.6) is 5.88 Å². The van der Waals surface area contributed by atoms with E-state index in [0.717, 1.165) is 27.7 Å². The fourth-order valence-corrected chi connectivity index (χ4v) is 3.34. The first kappa shape index (κ1) is 19.7. The van der Waals surface area contributed by atoms with Crippen molar-refractivity contribution in [2.75, 3.05) is 5.32 Å². The van der Waals surface area contributed by atoms with Crippen LogP contribution in [-0.4, -0.2) is 14.8 Å². The van der Waals surface area contributed by atoms with Crippen molar-refractivity contribution in [3.05, 3.63) is 89.7 Å². The number of fused-ring (bicyclic) bond motifs is 1. The molecule has 0 radical (unpaired) electrons.